The molecule has 1 aliphatic heterocycles. The Morgan fingerprint density at radius 3 is 2.07 bits per heavy atom. The van der Waals surface area contributed by atoms with Crippen LogP contribution in [0.15, 0.2) is 12.4 Å². The van der Waals surface area contributed by atoms with E-state index in [1.165, 1.54) is 0 Å². The van der Waals surface area contributed by atoms with Gasteiger partial charge in [-0.3, -0.25) is 0 Å². The van der Waals surface area contributed by atoms with Gasteiger partial charge in [-0.05, 0) is 6.42 Å². The van der Waals surface area contributed by atoms with Crippen LogP contribution in [0.25, 0.3) is 0 Å². The molecule has 0 bridgehead atoms. The summed E-state index contributed by atoms with van der Waals surface area (Å²) in [4.78, 5) is 4.35. The van der Waals surface area contributed by atoms with Crippen LogP contribution in [0.4, 0.5) is 17.3 Å². The third kappa shape index (κ3) is 8.47. The lowest BCUT2D eigenvalue weighted by molar-refractivity contribution is 0.280. The Morgan fingerprint density at radius 2 is 1.80 bits per heavy atom. The van der Waals surface area contributed by atoms with Crippen molar-refractivity contribution in [2.45, 2.75) is 18.7 Å². The van der Waals surface area contributed by atoms with E-state index in [-0.39, 0.29) is 0 Å². The van der Waals surface area contributed by atoms with Gasteiger partial charge in [-0.2, -0.15) is 12.6 Å². The zero-order chi connectivity index (χ0) is 12.1. The van der Waals surface area contributed by atoms with Gasteiger partial charge in [-0.15, -0.1) is 0 Å². The van der Waals surface area contributed by atoms with E-state index < -0.39 is 7.25 Å². The highest BCUT2D eigenvalue weighted by Crippen LogP contribution is 2.13. The van der Waals surface area contributed by atoms with Gasteiger partial charge in [0, 0.05) is 19.4 Å². The van der Waals surface area contributed by atoms with Gasteiger partial charge in [0.1, 0.15) is 0 Å². The van der Waals surface area contributed by atoms with E-state index in [0.717, 1.165) is 13.1 Å². The standard InChI is InChI=1S/C7H14N2S.BF4/c1-3-7(10)9-5-4-8(2)6-9;2-1(3,4)5/h4-5,7,10H,3,6H2,1-2H3;/q;-1. The van der Waals surface area contributed by atoms with Crippen molar-refractivity contribution in [2.75, 3.05) is 13.7 Å². The largest absolute Gasteiger partial charge is 0.673 e. The van der Waals surface area contributed by atoms with Crippen molar-refractivity contribution in [1.29, 1.82) is 0 Å². The first-order chi connectivity index (χ1) is 6.74. The zero-order valence-electron chi connectivity index (χ0n) is 8.58. The van der Waals surface area contributed by atoms with Crippen LogP contribution in [0.5, 0.6) is 0 Å². The summed E-state index contributed by atoms with van der Waals surface area (Å²) < 4.78 is 39.0. The van der Waals surface area contributed by atoms with Crippen LogP contribution in [-0.4, -0.2) is 36.1 Å². The second-order valence-electron chi connectivity index (χ2n) is 3.09. The van der Waals surface area contributed by atoms with Crippen LogP contribution in [0.2, 0.25) is 0 Å². The average molecular weight is 245 g/mol. The Kier molecular flexibility index (Phi) is 5.93. The molecule has 15 heavy (non-hydrogen) atoms. The summed E-state index contributed by atoms with van der Waals surface area (Å²) in [7, 11) is -3.94. The number of halogens is 4. The van der Waals surface area contributed by atoms with Crippen LogP contribution >= 0.6 is 12.6 Å². The number of hydrogen-bond acceptors (Lipinski definition) is 3. The summed E-state index contributed by atoms with van der Waals surface area (Å²) in [6.45, 7) is 3.12. The highest BCUT2D eigenvalue weighted by molar-refractivity contribution is 7.80. The average Bonchev–Trinajstić information content (AvgIpc) is 2.47. The molecule has 8 heteroatoms. The van der Waals surface area contributed by atoms with Crippen molar-refractivity contribution in [3.8, 4) is 0 Å². The van der Waals surface area contributed by atoms with E-state index in [9.17, 15) is 17.3 Å². The monoisotopic (exact) mass is 245 g/mol. The highest BCUT2D eigenvalue weighted by Gasteiger charge is 2.20. The maximum atomic E-state index is 9.75. The van der Waals surface area contributed by atoms with Gasteiger partial charge < -0.3 is 27.1 Å². The van der Waals surface area contributed by atoms with Crippen LogP contribution in [0.1, 0.15) is 13.3 Å². The number of hydrogen-bond donors (Lipinski definition) is 1. The third-order valence-corrected chi connectivity index (χ3v) is 2.31. The number of thiol groups is 1. The van der Waals surface area contributed by atoms with Gasteiger partial charge >= 0.3 is 7.25 Å². The molecule has 0 saturated carbocycles. The lowest BCUT2D eigenvalue weighted by atomic mass is 10.3. The van der Waals surface area contributed by atoms with E-state index in [4.69, 9.17) is 0 Å². The van der Waals surface area contributed by atoms with Gasteiger partial charge in [-0.25, -0.2) is 0 Å². The molecular weight excluding hydrogens is 231 g/mol. The van der Waals surface area contributed by atoms with Crippen molar-refractivity contribution in [2.24, 2.45) is 0 Å². The van der Waals surface area contributed by atoms with Gasteiger partial charge in [0.25, 0.3) is 0 Å². The molecule has 0 aromatic rings. The van der Waals surface area contributed by atoms with Gasteiger partial charge in [0.2, 0.25) is 0 Å². The molecule has 2 nitrogen and oxygen atoms in total. The molecule has 1 unspecified atom stereocenters. The van der Waals surface area contributed by atoms with Gasteiger partial charge in [-0.1, -0.05) is 6.92 Å². The number of nitrogens with zero attached hydrogens (tertiary/aromatic N) is 2. The molecule has 1 rings (SSSR count). The van der Waals surface area contributed by atoms with Crippen molar-refractivity contribution in [3.63, 3.8) is 0 Å². The normalized spacial score (nSPS) is 17.5. The molecule has 1 aliphatic rings. The van der Waals surface area contributed by atoms with Crippen LogP contribution in [0, 0.1) is 0 Å². The number of rotatable bonds is 2. The van der Waals surface area contributed by atoms with E-state index in [2.05, 4.69) is 48.8 Å². The Labute approximate surface area is 92.4 Å². The van der Waals surface area contributed by atoms with E-state index in [1.54, 1.807) is 0 Å². The Balaban J connectivity index is 0.000000336. The topological polar surface area (TPSA) is 6.48 Å². The summed E-state index contributed by atoms with van der Waals surface area (Å²) in [5, 5.41) is 0.376. The quantitative estimate of drug-likeness (QED) is 0.454. The lowest BCUT2D eigenvalue weighted by Crippen LogP contribution is -2.28. The summed E-state index contributed by atoms with van der Waals surface area (Å²) >= 11 is 4.41. The molecule has 0 aromatic carbocycles. The predicted octanol–water partition coefficient (Wildman–Crippen LogP) is 2.63. The zero-order valence-corrected chi connectivity index (χ0v) is 9.47. The van der Waals surface area contributed by atoms with E-state index >= 15 is 0 Å². The molecular formula is C7H14BF4N2S-. The molecule has 0 N–H and O–H groups in total. The molecule has 0 aliphatic carbocycles. The summed E-state index contributed by atoms with van der Waals surface area (Å²) in [6.07, 6.45) is 5.24. The van der Waals surface area contributed by atoms with Crippen LogP contribution in [-0.2, 0) is 0 Å². The Bertz CT molecular complexity index is 206. The maximum absolute atomic E-state index is 9.75. The molecule has 0 amide bonds. The second kappa shape index (κ2) is 6.14. The van der Waals surface area contributed by atoms with E-state index in [0.29, 0.717) is 5.37 Å². The lowest BCUT2D eigenvalue weighted by Gasteiger charge is -2.23. The first-order valence-corrected chi connectivity index (χ1v) is 4.95. The Morgan fingerprint density at radius 1 is 1.33 bits per heavy atom. The first kappa shape index (κ1) is 14.5. The molecule has 0 fully saturated rings. The van der Waals surface area contributed by atoms with Crippen molar-refractivity contribution < 1.29 is 17.3 Å². The molecule has 0 spiro atoms. The molecule has 0 saturated heterocycles. The fraction of sp³-hybridized carbons (Fsp3) is 0.714. The molecule has 0 radical (unpaired) electrons. The summed E-state index contributed by atoms with van der Waals surface area (Å²) in [6, 6.07) is 0. The molecule has 1 atom stereocenters. The predicted molar refractivity (Wildman–Crippen MR) is 56.9 cm³/mol. The van der Waals surface area contributed by atoms with Crippen molar-refractivity contribution in [1.82, 2.24) is 9.80 Å². The fourth-order valence-electron chi connectivity index (χ4n) is 0.979. The van der Waals surface area contributed by atoms with Crippen molar-refractivity contribution in [3.05, 3.63) is 12.4 Å². The van der Waals surface area contributed by atoms with Crippen LogP contribution < -0.4 is 0 Å². The molecule has 1 heterocycles. The fourth-order valence-corrected chi connectivity index (χ4v) is 1.13. The summed E-state index contributed by atoms with van der Waals surface area (Å²) in [5.74, 6) is 0. The SMILES string of the molecule is CCC(S)N1C=CN(C)C1.F[B-](F)(F)F. The van der Waals surface area contributed by atoms with Gasteiger partial charge in [0.05, 0.1) is 12.0 Å². The van der Waals surface area contributed by atoms with Crippen molar-refractivity contribution >= 4 is 19.9 Å². The highest BCUT2D eigenvalue weighted by atomic mass is 32.1. The Hall–Kier alpha value is -0.525. The summed E-state index contributed by atoms with van der Waals surface area (Å²) in [5.41, 5.74) is 0. The molecule has 0 aromatic heterocycles. The minimum atomic E-state index is -6.00. The third-order valence-electron chi connectivity index (χ3n) is 1.65. The van der Waals surface area contributed by atoms with E-state index in [1.807, 2.05) is 0 Å². The van der Waals surface area contributed by atoms with Crippen LogP contribution in [0.3, 0.4) is 0 Å². The molecule has 90 valence electrons. The second-order valence-corrected chi connectivity index (χ2v) is 3.69. The van der Waals surface area contributed by atoms with Gasteiger partial charge in [0.15, 0.2) is 0 Å². The maximum Gasteiger partial charge on any atom is 0.673 e. The first-order valence-electron chi connectivity index (χ1n) is 4.43. The smallest absolute Gasteiger partial charge is 0.418 e. The minimum absolute atomic E-state index is 0.376. The minimum Gasteiger partial charge on any atom is -0.418 e.